The Kier molecular flexibility index (Phi) is 3.68. The quantitative estimate of drug-likeness (QED) is 0.392. The van der Waals surface area contributed by atoms with Crippen LogP contribution >= 0.6 is 0 Å². The van der Waals surface area contributed by atoms with Gasteiger partial charge in [-0.05, 0) is 70.4 Å². The van der Waals surface area contributed by atoms with E-state index in [4.69, 9.17) is 0 Å². The minimum absolute atomic E-state index is 0.168. The third kappa shape index (κ3) is 2.50. The van der Waals surface area contributed by atoms with Crippen LogP contribution in [0.1, 0.15) is 30.4 Å². The number of aryl methyl sites for hydroxylation is 1. The van der Waals surface area contributed by atoms with E-state index < -0.39 is 0 Å². The van der Waals surface area contributed by atoms with Crippen molar-refractivity contribution in [1.82, 2.24) is 0 Å². The molecule has 132 valence electrons. The summed E-state index contributed by atoms with van der Waals surface area (Å²) in [5.41, 5.74) is 7.23. The van der Waals surface area contributed by atoms with Gasteiger partial charge in [0.25, 0.3) is 5.69 Å². The van der Waals surface area contributed by atoms with Crippen molar-refractivity contribution in [3.05, 3.63) is 93.6 Å². The molecule has 2 aliphatic carbocycles. The number of fused-ring (bicyclic) bond motifs is 5. The number of benzene rings is 3. The topological polar surface area (TPSA) is 43.1 Å². The van der Waals surface area contributed by atoms with E-state index in [-0.39, 0.29) is 10.6 Å². The first-order valence-corrected chi connectivity index (χ1v) is 9.42. The minimum Gasteiger partial charge on any atom is -0.258 e. The van der Waals surface area contributed by atoms with E-state index in [9.17, 15) is 10.1 Å². The molecule has 0 atom stereocenters. The molecule has 0 unspecified atom stereocenters. The number of nitrogens with zero attached hydrogens (tertiary/aromatic N) is 1. The van der Waals surface area contributed by atoms with Crippen LogP contribution in [-0.2, 0) is 6.42 Å². The van der Waals surface area contributed by atoms with E-state index in [1.807, 2.05) is 36.4 Å². The van der Waals surface area contributed by atoms with Gasteiger partial charge in [0.05, 0.1) is 10.5 Å². The smallest absolute Gasteiger partial charge is 0.258 e. The average Bonchev–Trinajstić information content (AvgIpc) is 2.72. The highest BCUT2D eigenvalue weighted by Crippen LogP contribution is 2.44. The molecular formula is C24H19NO2. The van der Waals surface area contributed by atoms with Crippen LogP contribution < -0.4 is 0 Å². The summed E-state index contributed by atoms with van der Waals surface area (Å²) in [6, 6.07) is 17.5. The monoisotopic (exact) mass is 353 g/mol. The van der Waals surface area contributed by atoms with Crippen LogP contribution in [0.5, 0.6) is 0 Å². The fraction of sp³-hybridized carbons (Fsp3) is 0.167. The molecule has 0 N–H and O–H groups in total. The molecule has 5 rings (SSSR count). The molecule has 27 heavy (non-hydrogen) atoms. The first-order valence-electron chi connectivity index (χ1n) is 9.42. The van der Waals surface area contributed by atoms with Crippen molar-refractivity contribution in [2.24, 2.45) is 0 Å². The Bertz CT molecular complexity index is 1140. The Morgan fingerprint density at radius 2 is 1.59 bits per heavy atom. The molecule has 0 aromatic heterocycles. The van der Waals surface area contributed by atoms with Crippen LogP contribution in [0, 0.1) is 10.1 Å². The summed E-state index contributed by atoms with van der Waals surface area (Å²) in [5.74, 6) is 0. The lowest BCUT2D eigenvalue weighted by Crippen LogP contribution is -2.08. The summed E-state index contributed by atoms with van der Waals surface area (Å²) in [6.07, 6.45) is 8.98. The van der Waals surface area contributed by atoms with Gasteiger partial charge in [0.2, 0.25) is 0 Å². The summed E-state index contributed by atoms with van der Waals surface area (Å²) >= 11 is 0. The lowest BCUT2D eigenvalue weighted by molar-refractivity contribution is -0.384. The van der Waals surface area contributed by atoms with Gasteiger partial charge >= 0.3 is 0 Å². The minimum atomic E-state index is -0.272. The van der Waals surface area contributed by atoms with Gasteiger partial charge < -0.3 is 0 Å². The van der Waals surface area contributed by atoms with Crippen molar-refractivity contribution in [2.45, 2.75) is 25.7 Å². The van der Waals surface area contributed by atoms with E-state index in [0.717, 1.165) is 47.6 Å². The molecule has 3 heteroatoms. The van der Waals surface area contributed by atoms with Gasteiger partial charge in [-0.25, -0.2) is 0 Å². The second kappa shape index (κ2) is 6.20. The number of allylic oxidation sites excluding steroid dienone is 4. The third-order valence-electron chi connectivity index (χ3n) is 5.74. The highest BCUT2D eigenvalue weighted by atomic mass is 16.6. The third-order valence-corrected chi connectivity index (χ3v) is 5.74. The van der Waals surface area contributed by atoms with Gasteiger partial charge in [-0.2, -0.15) is 0 Å². The Morgan fingerprint density at radius 3 is 2.41 bits per heavy atom. The summed E-state index contributed by atoms with van der Waals surface area (Å²) in [4.78, 5) is 11.4. The van der Waals surface area contributed by atoms with E-state index in [2.05, 4.69) is 24.3 Å². The molecule has 0 saturated carbocycles. The zero-order valence-corrected chi connectivity index (χ0v) is 14.9. The predicted octanol–water partition coefficient (Wildman–Crippen LogP) is 6.46. The molecule has 0 radical (unpaired) electrons. The Morgan fingerprint density at radius 1 is 0.815 bits per heavy atom. The molecule has 0 aliphatic heterocycles. The van der Waals surface area contributed by atoms with Crippen LogP contribution in [0.4, 0.5) is 5.69 Å². The van der Waals surface area contributed by atoms with Crippen molar-refractivity contribution in [1.29, 1.82) is 0 Å². The van der Waals surface area contributed by atoms with Gasteiger partial charge in [-0.15, -0.1) is 0 Å². The standard InChI is InChI=1S/C24H19NO2/c26-25(27)23-15-14-21-20-11-10-16-6-4-5-9-18(16)19(20)12-13-22(21)24(23)17-7-2-1-3-8-17/h1-3,6-9,12-15H,4-5,10-11H2. The van der Waals surface area contributed by atoms with Gasteiger partial charge in [0.1, 0.15) is 0 Å². The van der Waals surface area contributed by atoms with E-state index in [0.29, 0.717) is 0 Å². The molecule has 3 aromatic carbocycles. The Balaban J connectivity index is 1.82. The van der Waals surface area contributed by atoms with Gasteiger partial charge in [0.15, 0.2) is 0 Å². The summed E-state index contributed by atoms with van der Waals surface area (Å²) in [6.45, 7) is 0. The highest BCUT2D eigenvalue weighted by Gasteiger charge is 2.25. The molecule has 0 spiro atoms. The lowest BCUT2D eigenvalue weighted by Gasteiger charge is -2.26. The summed E-state index contributed by atoms with van der Waals surface area (Å²) in [7, 11) is 0. The highest BCUT2D eigenvalue weighted by molar-refractivity contribution is 6.05. The lowest BCUT2D eigenvalue weighted by atomic mass is 9.78. The van der Waals surface area contributed by atoms with Crippen molar-refractivity contribution in [3.8, 4) is 11.1 Å². The molecule has 2 aliphatic rings. The van der Waals surface area contributed by atoms with Gasteiger partial charge in [0, 0.05) is 6.07 Å². The molecule has 0 saturated heterocycles. The van der Waals surface area contributed by atoms with Crippen LogP contribution in [-0.4, -0.2) is 4.92 Å². The van der Waals surface area contributed by atoms with Crippen LogP contribution in [0.3, 0.4) is 0 Å². The van der Waals surface area contributed by atoms with E-state index in [1.165, 1.54) is 22.3 Å². The maximum atomic E-state index is 11.7. The first kappa shape index (κ1) is 16.0. The number of rotatable bonds is 2. The van der Waals surface area contributed by atoms with Crippen LogP contribution in [0.15, 0.2) is 72.3 Å². The first-order chi connectivity index (χ1) is 13.2. The number of hydrogen-bond donors (Lipinski definition) is 0. The average molecular weight is 353 g/mol. The van der Waals surface area contributed by atoms with Gasteiger partial charge in [-0.1, -0.05) is 54.6 Å². The maximum absolute atomic E-state index is 11.7. The van der Waals surface area contributed by atoms with Crippen molar-refractivity contribution in [3.63, 3.8) is 0 Å². The normalized spacial score (nSPS) is 15.6. The maximum Gasteiger partial charge on any atom is 0.277 e. The fourth-order valence-corrected chi connectivity index (χ4v) is 4.54. The molecule has 0 amide bonds. The van der Waals surface area contributed by atoms with Crippen molar-refractivity contribution < 1.29 is 4.92 Å². The number of nitro benzene ring substituents is 1. The van der Waals surface area contributed by atoms with E-state index >= 15 is 0 Å². The van der Waals surface area contributed by atoms with Crippen molar-refractivity contribution in [2.75, 3.05) is 0 Å². The van der Waals surface area contributed by atoms with Gasteiger partial charge in [-0.3, -0.25) is 10.1 Å². The zero-order valence-electron chi connectivity index (χ0n) is 14.9. The summed E-state index contributed by atoms with van der Waals surface area (Å²) in [5, 5.41) is 13.8. The molecule has 0 fully saturated rings. The summed E-state index contributed by atoms with van der Waals surface area (Å²) < 4.78 is 0. The van der Waals surface area contributed by atoms with Crippen LogP contribution in [0.2, 0.25) is 0 Å². The number of nitro groups is 1. The van der Waals surface area contributed by atoms with Crippen LogP contribution in [0.25, 0.3) is 27.5 Å². The zero-order chi connectivity index (χ0) is 18.4. The number of hydrogen-bond acceptors (Lipinski definition) is 2. The van der Waals surface area contributed by atoms with E-state index in [1.54, 1.807) is 6.07 Å². The second-order valence-corrected chi connectivity index (χ2v) is 7.19. The predicted molar refractivity (Wildman–Crippen MR) is 110 cm³/mol. The Hall–Kier alpha value is -3.20. The SMILES string of the molecule is O=[N+]([O-])c1ccc2c3c(ccc2c1-c1ccccc1)C1=CCCC=C1CC3. The Labute approximate surface area is 157 Å². The fourth-order valence-electron chi connectivity index (χ4n) is 4.54. The largest absolute Gasteiger partial charge is 0.277 e. The molecule has 0 bridgehead atoms. The van der Waals surface area contributed by atoms with Crippen molar-refractivity contribution >= 4 is 22.0 Å². The molecule has 3 aromatic rings. The molecule has 0 heterocycles. The second-order valence-electron chi connectivity index (χ2n) is 7.19. The molecule has 3 nitrogen and oxygen atoms in total. The molecular weight excluding hydrogens is 334 g/mol.